The van der Waals surface area contributed by atoms with Crippen molar-refractivity contribution in [1.82, 2.24) is 20.6 Å². The number of hydrogen-bond donors (Lipinski definition) is 11. The van der Waals surface area contributed by atoms with Crippen molar-refractivity contribution in [3.8, 4) is 5.75 Å². The predicted molar refractivity (Wildman–Crippen MR) is 184 cm³/mol. The number of amides is 2. The molecule has 0 aliphatic heterocycles. The van der Waals surface area contributed by atoms with Crippen LogP contribution < -0.4 is 33.6 Å². The number of benzene rings is 2. The minimum Gasteiger partial charge on any atom is -0.508 e. The molecule has 3 aromatic rings. The van der Waals surface area contributed by atoms with Crippen LogP contribution in [-0.2, 0) is 43.2 Å². The van der Waals surface area contributed by atoms with Gasteiger partial charge < -0.3 is 59.0 Å². The van der Waals surface area contributed by atoms with Crippen LogP contribution in [0.25, 0.3) is 0 Å². The van der Waals surface area contributed by atoms with Crippen LogP contribution in [0.4, 0.5) is 0 Å². The summed E-state index contributed by atoms with van der Waals surface area (Å²) >= 11 is 0. The molecular formula is C33H48N8O9. The molecule has 274 valence electrons. The van der Waals surface area contributed by atoms with Crippen molar-refractivity contribution in [2.75, 3.05) is 6.54 Å². The smallest absolute Gasteiger partial charge is 0.326 e. The van der Waals surface area contributed by atoms with E-state index in [0.717, 1.165) is 18.4 Å². The third-order valence-electron chi connectivity index (χ3n) is 6.92. The van der Waals surface area contributed by atoms with Crippen LogP contribution in [0, 0.1) is 0 Å². The summed E-state index contributed by atoms with van der Waals surface area (Å²) in [6, 6.07) is 11.1. The largest absolute Gasteiger partial charge is 0.508 e. The van der Waals surface area contributed by atoms with E-state index in [4.69, 9.17) is 33.1 Å². The molecule has 2 aromatic carbocycles. The first-order valence-corrected chi connectivity index (χ1v) is 15.7. The Morgan fingerprint density at radius 1 is 0.740 bits per heavy atom. The molecular weight excluding hydrogens is 652 g/mol. The van der Waals surface area contributed by atoms with E-state index in [0.29, 0.717) is 30.6 Å². The number of aromatic hydroxyl groups is 1. The molecule has 0 aliphatic rings. The van der Waals surface area contributed by atoms with Crippen molar-refractivity contribution >= 4 is 29.7 Å². The molecule has 1 aromatic heterocycles. The van der Waals surface area contributed by atoms with Crippen LogP contribution in [-0.4, -0.2) is 96.9 Å². The van der Waals surface area contributed by atoms with Crippen LogP contribution in [0.2, 0.25) is 0 Å². The fraction of sp³-hybridized carbons (Fsp3) is 0.394. The lowest BCUT2D eigenvalue weighted by molar-refractivity contribution is -0.142. The van der Waals surface area contributed by atoms with Gasteiger partial charge in [-0.15, -0.1) is 0 Å². The molecule has 0 aliphatic carbocycles. The molecule has 5 atom stereocenters. The van der Waals surface area contributed by atoms with E-state index in [1.807, 2.05) is 30.3 Å². The van der Waals surface area contributed by atoms with Gasteiger partial charge in [0.25, 0.3) is 0 Å². The highest BCUT2D eigenvalue weighted by Gasteiger charge is 2.24. The molecule has 0 spiro atoms. The number of aromatic amines is 1. The van der Waals surface area contributed by atoms with Crippen LogP contribution in [0.15, 0.2) is 67.1 Å². The lowest BCUT2D eigenvalue weighted by Crippen LogP contribution is -2.50. The number of carboxylic acid groups (broad SMARTS) is 3. The second-order valence-electron chi connectivity index (χ2n) is 11.3. The van der Waals surface area contributed by atoms with Gasteiger partial charge in [-0.25, -0.2) is 14.6 Å². The Morgan fingerprint density at radius 3 is 1.80 bits per heavy atom. The van der Waals surface area contributed by atoms with E-state index in [2.05, 4.69) is 20.6 Å². The number of aromatic nitrogens is 2. The van der Waals surface area contributed by atoms with Gasteiger partial charge in [0.05, 0.1) is 18.4 Å². The summed E-state index contributed by atoms with van der Waals surface area (Å²) in [5.74, 6) is -4.08. The van der Waals surface area contributed by atoms with Gasteiger partial charge in [0.2, 0.25) is 11.8 Å². The van der Waals surface area contributed by atoms with Gasteiger partial charge in [-0.1, -0.05) is 48.9 Å². The maximum atomic E-state index is 12.2. The topological polar surface area (TPSA) is 323 Å². The molecule has 0 bridgehead atoms. The monoisotopic (exact) mass is 700 g/mol. The Bertz CT molecular complexity index is 1460. The highest BCUT2D eigenvalue weighted by Crippen LogP contribution is 2.12. The van der Waals surface area contributed by atoms with Crippen molar-refractivity contribution in [2.24, 2.45) is 22.9 Å². The Kier molecular flexibility index (Phi) is 19.7. The molecule has 15 N–H and O–H groups in total. The highest BCUT2D eigenvalue weighted by atomic mass is 16.4. The Balaban J connectivity index is 0.000000414. The number of hydrogen-bond acceptors (Lipinski definition) is 11. The third-order valence-corrected chi connectivity index (χ3v) is 6.92. The summed E-state index contributed by atoms with van der Waals surface area (Å²) < 4.78 is 0. The van der Waals surface area contributed by atoms with E-state index in [9.17, 15) is 34.2 Å². The van der Waals surface area contributed by atoms with Crippen LogP contribution >= 0.6 is 0 Å². The fourth-order valence-corrected chi connectivity index (χ4v) is 4.06. The molecule has 17 heteroatoms. The van der Waals surface area contributed by atoms with Crippen molar-refractivity contribution in [1.29, 1.82) is 0 Å². The van der Waals surface area contributed by atoms with Crippen molar-refractivity contribution in [3.63, 3.8) is 0 Å². The minimum atomic E-state index is -1.14. The van der Waals surface area contributed by atoms with Gasteiger partial charge in [0.1, 0.15) is 23.9 Å². The first-order valence-electron chi connectivity index (χ1n) is 15.7. The SMILES string of the molecule is C[C@H](N)C(=O)N[C@@H](Cc1cnc[nH]1)C(=O)O.NCCCC[C@H](N)C(=O)O.N[C@@H](Cc1ccccc1)C(=O)N[C@@H](Cc1ccc(O)cc1)C(=O)O. The molecule has 2 amide bonds. The summed E-state index contributed by atoms with van der Waals surface area (Å²) in [5.41, 5.74) is 23.9. The number of H-pyrrole nitrogens is 1. The summed E-state index contributed by atoms with van der Waals surface area (Å²) in [6.45, 7) is 2.09. The van der Waals surface area contributed by atoms with E-state index < -0.39 is 59.9 Å². The minimum absolute atomic E-state index is 0.0968. The number of phenolic OH excluding ortho intramolecular Hbond substituents is 1. The Labute approximate surface area is 289 Å². The van der Waals surface area contributed by atoms with Crippen molar-refractivity contribution < 1.29 is 44.4 Å². The zero-order valence-electron chi connectivity index (χ0n) is 27.8. The molecule has 50 heavy (non-hydrogen) atoms. The number of nitrogens with zero attached hydrogens (tertiary/aromatic N) is 1. The average molecular weight is 701 g/mol. The molecule has 0 saturated carbocycles. The number of phenols is 1. The lowest BCUT2D eigenvalue weighted by atomic mass is 10.0. The predicted octanol–water partition coefficient (Wildman–Crippen LogP) is -0.530. The lowest BCUT2D eigenvalue weighted by Gasteiger charge is -2.18. The number of carboxylic acids is 3. The molecule has 1 heterocycles. The number of unbranched alkanes of at least 4 members (excludes halogenated alkanes) is 1. The summed E-state index contributed by atoms with van der Waals surface area (Å²) in [6.07, 6.45) is 5.71. The first kappa shape index (κ1) is 42.7. The van der Waals surface area contributed by atoms with Crippen LogP contribution in [0.3, 0.4) is 0 Å². The van der Waals surface area contributed by atoms with Crippen LogP contribution in [0.1, 0.15) is 43.0 Å². The number of nitrogens with two attached hydrogens (primary N) is 4. The highest BCUT2D eigenvalue weighted by molar-refractivity contribution is 5.87. The number of imidazole rings is 1. The van der Waals surface area contributed by atoms with Crippen molar-refractivity contribution in [2.45, 2.75) is 75.7 Å². The quantitative estimate of drug-likeness (QED) is 0.0789. The number of rotatable bonds is 17. The van der Waals surface area contributed by atoms with Gasteiger partial charge in [0.15, 0.2) is 0 Å². The van der Waals surface area contributed by atoms with E-state index in [-0.39, 0.29) is 18.6 Å². The number of carbonyl (C=O) groups is 5. The number of nitrogens with one attached hydrogen (secondary N) is 3. The first-order chi connectivity index (χ1) is 23.6. The Hall–Kier alpha value is -5.36. The summed E-state index contributed by atoms with van der Waals surface area (Å²) in [5, 5.41) is 40.6. The number of aliphatic carboxylic acids is 3. The Morgan fingerprint density at radius 2 is 1.30 bits per heavy atom. The van der Waals surface area contributed by atoms with Gasteiger partial charge >= 0.3 is 17.9 Å². The van der Waals surface area contributed by atoms with Gasteiger partial charge in [-0.2, -0.15) is 0 Å². The van der Waals surface area contributed by atoms with Crippen molar-refractivity contribution in [3.05, 3.63) is 83.9 Å². The summed E-state index contributed by atoms with van der Waals surface area (Å²) in [4.78, 5) is 62.4. The van der Waals surface area contributed by atoms with E-state index in [1.165, 1.54) is 31.6 Å². The third kappa shape index (κ3) is 17.7. The zero-order valence-corrected chi connectivity index (χ0v) is 27.8. The summed E-state index contributed by atoms with van der Waals surface area (Å²) in [7, 11) is 0. The number of carbonyl (C=O) groups excluding carboxylic acids is 2. The second-order valence-corrected chi connectivity index (χ2v) is 11.3. The fourth-order valence-electron chi connectivity index (χ4n) is 4.06. The molecule has 0 radical (unpaired) electrons. The molecule has 3 rings (SSSR count). The van der Waals surface area contributed by atoms with Gasteiger partial charge in [0, 0.05) is 24.7 Å². The molecule has 17 nitrogen and oxygen atoms in total. The molecule has 0 saturated heterocycles. The maximum Gasteiger partial charge on any atom is 0.326 e. The average Bonchev–Trinajstić information content (AvgIpc) is 3.59. The van der Waals surface area contributed by atoms with Crippen LogP contribution in [0.5, 0.6) is 5.75 Å². The van der Waals surface area contributed by atoms with E-state index >= 15 is 0 Å². The molecule has 0 fully saturated rings. The van der Waals surface area contributed by atoms with Gasteiger partial charge in [-0.3, -0.25) is 14.4 Å². The van der Waals surface area contributed by atoms with E-state index in [1.54, 1.807) is 12.1 Å². The second kappa shape index (κ2) is 23.1. The molecule has 0 unspecified atom stereocenters. The maximum absolute atomic E-state index is 12.2. The zero-order chi connectivity index (χ0) is 37.6. The van der Waals surface area contributed by atoms with Gasteiger partial charge in [-0.05, 0) is 56.0 Å². The standard InChI is InChI=1S/C18H20N2O4.C9H14N4O3.C6H14N2O2/c19-15(10-12-4-2-1-3-5-12)17(22)20-16(18(23)24)11-13-6-8-14(21)9-7-13;1-5(10)8(14)13-7(9(15)16)2-6-3-11-4-12-6;7-4-2-1-3-5(8)6(9)10/h1-9,15-16,21H,10-11,19H2,(H,20,22)(H,23,24);3-5,7H,2,10H2,1H3,(H,11,12)(H,13,14)(H,15,16);5H,1-4,7-8H2,(H,9,10)/t15-,16-;5-,7-;5-/m000/s1. The normalized spacial score (nSPS) is 13.4.